The molecule has 3 N–H and O–H groups in total. The van der Waals surface area contributed by atoms with Crippen molar-refractivity contribution < 1.29 is 10.0 Å². The lowest BCUT2D eigenvalue weighted by Crippen LogP contribution is -2.14. The molecular weight excluding hydrogens is 254 g/mol. The second kappa shape index (κ2) is 5.48. The molecule has 0 atom stereocenters. The third-order valence-electron chi connectivity index (χ3n) is 2.34. The van der Waals surface area contributed by atoms with Crippen LogP contribution in [0.15, 0.2) is 36.5 Å². The van der Waals surface area contributed by atoms with E-state index in [1.807, 2.05) is 12.1 Å². The van der Waals surface area contributed by atoms with E-state index in [-0.39, 0.29) is 0 Å². The standard InChI is InChI=1S/C12H10ClN3O2/c13-10-7-9(11-5-6-14-15-11)2-1-8(10)3-4-12(17)16-18/h1-7,18H,(H,14,15)(H,16,17)/b4-3+. The van der Waals surface area contributed by atoms with Crippen molar-refractivity contribution in [2.24, 2.45) is 0 Å². The molecule has 1 heterocycles. The van der Waals surface area contributed by atoms with Crippen molar-refractivity contribution >= 4 is 23.6 Å². The summed E-state index contributed by atoms with van der Waals surface area (Å²) in [5, 5.41) is 15.6. The quantitative estimate of drug-likeness (QED) is 0.451. The Morgan fingerprint density at radius 1 is 1.44 bits per heavy atom. The van der Waals surface area contributed by atoms with Crippen molar-refractivity contribution in [3.8, 4) is 11.3 Å². The van der Waals surface area contributed by atoms with E-state index in [4.69, 9.17) is 16.8 Å². The number of aromatic nitrogens is 2. The van der Waals surface area contributed by atoms with Gasteiger partial charge in [-0.3, -0.25) is 15.1 Å². The number of halogens is 1. The van der Waals surface area contributed by atoms with Crippen LogP contribution in [0.3, 0.4) is 0 Å². The Hall–Kier alpha value is -2.11. The third-order valence-corrected chi connectivity index (χ3v) is 2.66. The summed E-state index contributed by atoms with van der Waals surface area (Å²) in [6.07, 6.45) is 4.37. The van der Waals surface area contributed by atoms with Gasteiger partial charge in [-0.2, -0.15) is 5.10 Å². The summed E-state index contributed by atoms with van der Waals surface area (Å²) in [4.78, 5) is 10.8. The highest BCUT2D eigenvalue weighted by molar-refractivity contribution is 6.32. The molecule has 1 aromatic carbocycles. The van der Waals surface area contributed by atoms with Gasteiger partial charge in [0, 0.05) is 22.9 Å². The van der Waals surface area contributed by atoms with E-state index >= 15 is 0 Å². The van der Waals surface area contributed by atoms with E-state index in [2.05, 4.69) is 10.2 Å². The number of H-pyrrole nitrogens is 1. The minimum absolute atomic E-state index is 0.504. The second-order valence-electron chi connectivity index (χ2n) is 3.52. The van der Waals surface area contributed by atoms with Gasteiger partial charge in [-0.05, 0) is 23.8 Å². The lowest BCUT2D eigenvalue weighted by Gasteiger charge is -2.02. The Balaban J connectivity index is 2.26. The van der Waals surface area contributed by atoms with Crippen LogP contribution in [0, 0.1) is 0 Å². The number of aromatic amines is 1. The summed E-state index contributed by atoms with van der Waals surface area (Å²) in [5.74, 6) is -0.608. The monoisotopic (exact) mass is 263 g/mol. The Morgan fingerprint density at radius 3 is 2.89 bits per heavy atom. The van der Waals surface area contributed by atoms with Crippen LogP contribution < -0.4 is 5.48 Å². The molecule has 0 saturated carbocycles. The van der Waals surface area contributed by atoms with Crippen LogP contribution in [0.1, 0.15) is 5.56 Å². The smallest absolute Gasteiger partial charge is 0.267 e. The minimum Gasteiger partial charge on any atom is -0.288 e. The Bertz CT molecular complexity index is 579. The van der Waals surface area contributed by atoms with Gasteiger partial charge in [0.05, 0.1) is 5.69 Å². The Morgan fingerprint density at radius 2 is 2.28 bits per heavy atom. The predicted octanol–water partition coefficient (Wildman–Crippen LogP) is 2.25. The first-order valence-electron chi connectivity index (χ1n) is 5.12. The van der Waals surface area contributed by atoms with E-state index in [0.717, 1.165) is 11.3 Å². The molecule has 1 aromatic heterocycles. The molecule has 18 heavy (non-hydrogen) atoms. The van der Waals surface area contributed by atoms with Gasteiger partial charge in [-0.15, -0.1) is 0 Å². The zero-order chi connectivity index (χ0) is 13.0. The first-order valence-corrected chi connectivity index (χ1v) is 5.50. The van der Waals surface area contributed by atoms with E-state index < -0.39 is 5.91 Å². The summed E-state index contributed by atoms with van der Waals surface area (Å²) in [6, 6.07) is 7.24. The zero-order valence-corrected chi connectivity index (χ0v) is 9.98. The second-order valence-corrected chi connectivity index (χ2v) is 3.92. The van der Waals surface area contributed by atoms with Gasteiger partial charge in [0.25, 0.3) is 5.91 Å². The zero-order valence-electron chi connectivity index (χ0n) is 9.22. The molecule has 0 bridgehead atoms. The fourth-order valence-electron chi connectivity index (χ4n) is 1.45. The van der Waals surface area contributed by atoms with Crippen LogP contribution >= 0.6 is 11.6 Å². The average molecular weight is 264 g/mol. The Labute approximate surface area is 108 Å². The molecule has 0 unspecified atom stereocenters. The van der Waals surface area contributed by atoms with Crippen LogP contribution in [-0.2, 0) is 4.79 Å². The third kappa shape index (κ3) is 2.77. The minimum atomic E-state index is -0.608. The van der Waals surface area contributed by atoms with E-state index in [1.54, 1.807) is 18.3 Å². The lowest BCUT2D eigenvalue weighted by molar-refractivity contribution is -0.124. The van der Waals surface area contributed by atoms with Crippen molar-refractivity contribution in [2.75, 3.05) is 0 Å². The van der Waals surface area contributed by atoms with Gasteiger partial charge < -0.3 is 0 Å². The molecular formula is C12H10ClN3O2. The molecule has 0 aliphatic heterocycles. The van der Waals surface area contributed by atoms with Gasteiger partial charge in [-0.1, -0.05) is 23.7 Å². The molecule has 1 amide bonds. The first kappa shape index (κ1) is 12.3. The van der Waals surface area contributed by atoms with Crippen molar-refractivity contribution in [2.45, 2.75) is 0 Å². The molecule has 0 saturated heterocycles. The van der Waals surface area contributed by atoms with Crippen LogP contribution in [-0.4, -0.2) is 21.3 Å². The highest BCUT2D eigenvalue weighted by atomic mass is 35.5. The van der Waals surface area contributed by atoms with E-state index in [1.165, 1.54) is 17.6 Å². The normalized spacial score (nSPS) is 10.8. The number of nitrogens with zero attached hydrogens (tertiary/aromatic N) is 1. The Kier molecular flexibility index (Phi) is 3.76. The maximum absolute atomic E-state index is 10.8. The summed E-state index contributed by atoms with van der Waals surface area (Å²) >= 11 is 6.09. The first-order chi connectivity index (χ1) is 8.70. The molecule has 0 fully saturated rings. The number of benzene rings is 1. The highest BCUT2D eigenvalue weighted by Crippen LogP contribution is 2.24. The predicted molar refractivity (Wildman–Crippen MR) is 68.0 cm³/mol. The van der Waals surface area contributed by atoms with Gasteiger partial charge in [0.1, 0.15) is 0 Å². The number of rotatable bonds is 3. The maximum Gasteiger partial charge on any atom is 0.267 e. The lowest BCUT2D eigenvalue weighted by atomic mass is 10.1. The van der Waals surface area contributed by atoms with Crippen molar-refractivity contribution in [1.82, 2.24) is 15.7 Å². The molecule has 0 spiro atoms. The fraction of sp³-hybridized carbons (Fsp3) is 0. The van der Waals surface area contributed by atoms with Gasteiger partial charge in [0.2, 0.25) is 0 Å². The summed E-state index contributed by atoms with van der Waals surface area (Å²) < 4.78 is 0. The number of nitrogens with one attached hydrogen (secondary N) is 2. The largest absolute Gasteiger partial charge is 0.288 e. The maximum atomic E-state index is 10.8. The highest BCUT2D eigenvalue weighted by Gasteiger charge is 2.03. The van der Waals surface area contributed by atoms with Gasteiger partial charge in [-0.25, -0.2) is 5.48 Å². The summed E-state index contributed by atoms with van der Waals surface area (Å²) in [6.45, 7) is 0. The van der Waals surface area contributed by atoms with E-state index in [0.29, 0.717) is 10.6 Å². The number of hydroxylamine groups is 1. The van der Waals surface area contributed by atoms with Crippen LogP contribution in [0.25, 0.3) is 17.3 Å². The van der Waals surface area contributed by atoms with Crippen molar-refractivity contribution in [1.29, 1.82) is 0 Å². The molecule has 0 aliphatic carbocycles. The number of carbonyl (C=O) groups excluding carboxylic acids is 1. The molecule has 6 heteroatoms. The number of hydrogen-bond donors (Lipinski definition) is 3. The molecule has 2 rings (SSSR count). The van der Waals surface area contributed by atoms with Crippen molar-refractivity contribution in [3.05, 3.63) is 47.1 Å². The summed E-state index contributed by atoms with van der Waals surface area (Å²) in [5.41, 5.74) is 3.96. The SMILES string of the molecule is O=C(/C=C/c1ccc(-c2ccn[nH]2)cc1Cl)NO. The average Bonchev–Trinajstić information content (AvgIpc) is 2.90. The number of amides is 1. The van der Waals surface area contributed by atoms with Crippen LogP contribution in [0.2, 0.25) is 5.02 Å². The van der Waals surface area contributed by atoms with Crippen molar-refractivity contribution in [3.63, 3.8) is 0 Å². The molecule has 5 nitrogen and oxygen atoms in total. The molecule has 0 aliphatic rings. The topological polar surface area (TPSA) is 78.0 Å². The number of carbonyl (C=O) groups is 1. The van der Waals surface area contributed by atoms with Gasteiger partial charge in [0.15, 0.2) is 0 Å². The van der Waals surface area contributed by atoms with Gasteiger partial charge >= 0.3 is 0 Å². The van der Waals surface area contributed by atoms with Crippen LogP contribution in [0.4, 0.5) is 0 Å². The fourth-order valence-corrected chi connectivity index (χ4v) is 1.69. The molecule has 2 aromatic rings. The molecule has 0 radical (unpaired) electrons. The molecule has 92 valence electrons. The number of hydrogen-bond acceptors (Lipinski definition) is 3. The summed E-state index contributed by atoms with van der Waals surface area (Å²) in [7, 11) is 0. The van der Waals surface area contributed by atoms with E-state index in [9.17, 15) is 4.79 Å². The van der Waals surface area contributed by atoms with Crippen LogP contribution in [0.5, 0.6) is 0 Å².